The molecule has 1 aliphatic carbocycles. The summed E-state index contributed by atoms with van der Waals surface area (Å²) in [4.78, 5) is 18.9. The molecule has 1 aromatic carbocycles. The third-order valence-corrected chi connectivity index (χ3v) is 6.51. The monoisotopic (exact) mass is 407 g/mol. The number of nitrogens with zero attached hydrogens (tertiary/aromatic N) is 2. The Labute approximate surface area is 170 Å². The second-order valence-electron chi connectivity index (χ2n) is 7.36. The first-order valence-corrected chi connectivity index (χ1v) is 10.1. The minimum atomic E-state index is -0.278. The van der Waals surface area contributed by atoms with Gasteiger partial charge < -0.3 is 10.1 Å². The van der Waals surface area contributed by atoms with E-state index in [-0.39, 0.29) is 18.4 Å². The van der Waals surface area contributed by atoms with Crippen molar-refractivity contribution in [3.63, 3.8) is 0 Å². The fraction of sp³-hybridized carbons (Fsp3) is 0.500. The third-order valence-electron chi connectivity index (χ3n) is 5.74. The van der Waals surface area contributed by atoms with E-state index < -0.39 is 0 Å². The smallest absolute Gasteiger partial charge is 0.337 e. The number of benzene rings is 1. The Balaban J connectivity index is 0.00000210. The van der Waals surface area contributed by atoms with Crippen LogP contribution in [0.5, 0.6) is 0 Å². The van der Waals surface area contributed by atoms with E-state index in [1.54, 1.807) is 11.3 Å². The van der Waals surface area contributed by atoms with Gasteiger partial charge in [0.1, 0.15) is 5.01 Å². The predicted octanol–water partition coefficient (Wildman–Crippen LogP) is 3.50. The minimum Gasteiger partial charge on any atom is -0.465 e. The molecule has 0 amide bonds. The number of esters is 1. The van der Waals surface area contributed by atoms with Crippen molar-refractivity contribution in [2.45, 2.75) is 38.4 Å². The molecule has 1 saturated carbocycles. The minimum absolute atomic E-state index is 0. The fourth-order valence-corrected chi connectivity index (χ4v) is 4.88. The van der Waals surface area contributed by atoms with Gasteiger partial charge in [-0.05, 0) is 55.5 Å². The maximum atomic E-state index is 11.8. The van der Waals surface area contributed by atoms with Gasteiger partial charge in [-0.2, -0.15) is 0 Å². The number of thiazole rings is 1. The molecule has 1 aromatic heterocycles. The summed E-state index contributed by atoms with van der Waals surface area (Å²) in [7, 11) is 1.43. The lowest BCUT2D eigenvalue weighted by atomic mass is 9.93. The number of carbonyl (C=O) groups excluding carboxylic acids is 1. The molecule has 2 heterocycles. The molecule has 1 unspecified atom stereocenters. The van der Waals surface area contributed by atoms with E-state index in [2.05, 4.69) is 21.3 Å². The van der Waals surface area contributed by atoms with Crippen molar-refractivity contribution in [3.05, 3.63) is 52.0 Å². The molecule has 5 nitrogen and oxygen atoms in total. The van der Waals surface area contributed by atoms with Crippen molar-refractivity contribution in [1.29, 1.82) is 0 Å². The van der Waals surface area contributed by atoms with Gasteiger partial charge >= 0.3 is 5.97 Å². The van der Waals surface area contributed by atoms with Crippen molar-refractivity contribution in [2.24, 2.45) is 5.41 Å². The quantitative estimate of drug-likeness (QED) is 0.743. The summed E-state index contributed by atoms with van der Waals surface area (Å²) in [5.41, 5.74) is 2.25. The topological polar surface area (TPSA) is 54.5 Å². The van der Waals surface area contributed by atoms with Crippen LogP contribution in [0.4, 0.5) is 0 Å². The number of nitrogens with one attached hydrogen (secondary N) is 1. The highest BCUT2D eigenvalue weighted by Crippen LogP contribution is 2.56. The van der Waals surface area contributed by atoms with Crippen LogP contribution < -0.4 is 5.32 Å². The van der Waals surface area contributed by atoms with Gasteiger partial charge in [-0.25, -0.2) is 9.78 Å². The highest BCUT2D eigenvalue weighted by molar-refractivity contribution is 7.09. The lowest BCUT2D eigenvalue weighted by Gasteiger charge is -2.29. The number of piperidine rings is 1. The molecule has 146 valence electrons. The Morgan fingerprint density at radius 2 is 2.19 bits per heavy atom. The maximum Gasteiger partial charge on any atom is 0.337 e. The van der Waals surface area contributed by atoms with Crippen LogP contribution in [-0.4, -0.2) is 42.1 Å². The molecule has 7 heteroatoms. The highest BCUT2D eigenvalue weighted by Gasteiger charge is 2.56. The van der Waals surface area contributed by atoms with Crippen LogP contribution in [0.25, 0.3) is 0 Å². The van der Waals surface area contributed by atoms with Gasteiger partial charge in [0, 0.05) is 24.2 Å². The molecule has 1 aliphatic heterocycles. The van der Waals surface area contributed by atoms with Crippen LogP contribution in [0.2, 0.25) is 0 Å². The summed E-state index contributed by atoms with van der Waals surface area (Å²) in [5.74, 6) is -0.278. The number of rotatable bonds is 6. The van der Waals surface area contributed by atoms with E-state index in [4.69, 9.17) is 4.74 Å². The lowest BCUT2D eigenvalue weighted by Crippen LogP contribution is -2.35. The average molecular weight is 408 g/mol. The van der Waals surface area contributed by atoms with Gasteiger partial charge in [0.2, 0.25) is 0 Å². The van der Waals surface area contributed by atoms with Crippen LogP contribution >= 0.6 is 23.7 Å². The zero-order valence-electron chi connectivity index (χ0n) is 15.5. The summed E-state index contributed by atoms with van der Waals surface area (Å²) in [6.07, 6.45) is 5.67. The van der Waals surface area contributed by atoms with Crippen LogP contribution in [0, 0.1) is 5.41 Å². The van der Waals surface area contributed by atoms with Crippen LogP contribution in [0.15, 0.2) is 35.8 Å². The van der Waals surface area contributed by atoms with Crippen molar-refractivity contribution in [2.75, 3.05) is 20.2 Å². The number of hydrogen-bond donors (Lipinski definition) is 1. The van der Waals surface area contributed by atoms with E-state index in [9.17, 15) is 4.79 Å². The maximum absolute atomic E-state index is 11.8. The highest BCUT2D eigenvalue weighted by atomic mass is 35.5. The fourth-order valence-electron chi connectivity index (χ4n) is 4.23. The standard InChI is InChI=1S/C20H25N3O2S.ClH/c1-25-19(24)16-4-2-3-15(11-16)13-23(14-18-22-9-10-26-18)17-12-20(17)5-7-21-8-6-20;/h2-4,9-11,17,21H,5-8,12-14H2,1H3;1H. The van der Waals surface area contributed by atoms with Gasteiger partial charge in [0.25, 0.3) is 0 Å². The molecule has 1 N–H and O–H groups in total. The van der Waals surface area contributed by atoms with Crippen molar-refractivity contribution in [3.8, 4) is 0 Å². The van der Waals surface area contributed by atoms with Crippen LogP contribution in [-0.2, 0) is 17.8 Å². The number of halogens is 1. The summed E-state index contributed by atoms with van der Waals surface area (Å²) in [5, 5.41) is 6.68. The number of methoxy groups -OCH3 is 1. The Kier molecular flexibility index (Phi) is 6.52. The molecular weight excluding hydrogens is 382 g/mol. The molecule has 27 heavy (non-hydrogen) atoms. The number of aromatic nitrogens is 1. The first kappa shape index (κ1) is 20.3. The van der Waals surface area contributed by atoms with Gasteiger partial charge in [-0.1, -0.05) is 12.1 Å². The predicted molar refractivity (Wildman–Crippen MR) is 109 cm³/mol. The second-order valence-corrected chi connectivity index (χ2v) is 8.33. The van der Waals surface area contributed by atoms with Crippen molar-refractivity contribution >= 4 is 29.7 Å². The Morgan fingerprint density at radius 1 is 1.37 bits per heavy atom. The Bertz CT molecular complexity index is 762. The number of carbonyl (C=O) groups is 1. The Morgan fingerprint density at radius 3 is 2.89 bits per heavy atom. The van der Waals surface area contributed by atoms with E-state index >= 15 is 0 Å². The summed E-state index contributed by atoms with van der Waals surface area (Å²) in [6.45, 7) is 3.96. The first-order valence-electron chi connectivity index (χ1n) is 9.21. The molecule has 2 aliphatic rings. The molecule has 1 saturated heterocycles. The second kappa shape index (κ2) is 8.69. The lowest BCUT2D eigenvalue weighted by molar-refractivity contribution is 0.0600. The van der Waals surface area contributed by atoms with Gasteiger partial charge in [0.05, 0.1) is 19.2 Å². The molecule has 1 atom stereocenters. The SMILES string of the molecule is COC(=O)c1cccc(CN(Cc2nccs2)C2CC23CCNCC3)c1.Cl. The van der Waals surface area contributed by atoms with Gasteiger partial charge in [0.15, 0.2) is 0 Å². The Hall–Kier alpha value is -1.47. The number of hydrogen-bond acceptors (Lipinski definition) is 6. The molecule has 0 bridgehead atoms. The average Bonchev–Trinajstić information content (AvgIpc) is 3.11. The van der Waals surface area contributed by atoms with Crippen LogP contribution in [0.1, 0.15) is 40.2 Å². The molecule has 4 rings (SSSR count). The van der Waals surface area contributed by atoms with E-state index in [0.717, 1.165) is 36.8 Å². The first-order chi connectivity index (χ1) is 12.7. The van der Waals surface area contributed by atoms with E-state index in [1.807, 2.05) is 29.8 Å². The molecular formula is C20H26ClN3O2S. The van der Waals surface area contributed by atoms with E-state index in [0.29, 0.717) is 17.0 Å². The normalized spacial score (nSPS) is 20.3. The summed E-state index contributed by atoms with van der Waals surface area (Å²) >= 11 is 1.71. The number of ether oxygens (including phenoxy) is 1. The van der Waals surface area contributed by atoms with Gasteiger partial charge in [-0.3, -0.25) is 4.90 Å². The summed E-state index contributed by atoms with van der Waals surface area (Å²) in [6, 6.07) is 8.41. The largest absolute Gasteiger partial charge is 0.465 e. The van der Waals surface area contributed by atoms with E-state index in [1.165, 1.54) is 26.4 Å². The van der Waals surface area contributed by atoms with Crippen molar-refractivity contribution < 1.29 is 9.53 Å². The third kappa shape index (κ3) is 4.51. The molecule has 2 fully saturated rings. The molecule has 1 spiro atoms. The van der Waals surface area contributed by atoms with Crippen LogP contribution in [0.3, 0.4) is 0 Å². The summed E-state index contributed by atoms with van der Waals surface area (Å²) < 4.78 is 4.86. The van der Waals surface area contributed by atoms with Crippen molar-refractivity contribution in [1.82, 2.24) is 15.2 Å². The zero-order chi connectivity index (χ0) is 18.0. The molecule has 2 aromatic rings. The zero-order valence-corrected chi connectivity index (χ0v) is 17.2. The van der Waals surface area contributed by atoms with Gasteiger partial charge in [-0.15, -0.1) is 23.7 Å². The molecule has 0 radical (unpaired) electrons.